The van der Waals surface area contributed by atoms with Gasteiger partial charge in [-0.2, -0.15) is 0 Å². The standard InChI is InChI=1S/C28H23NO4S/c1-17(2)33-20-11-5-10-19(16-20)26(30)24-25(23-14-7-15-34-23)29(28(32)27(24)31)22-13-6-9-18-8-3-4-12-21(18)22/h3-17,25,30H,1-2H3/b26-24-. The van der Waals surface area contributed by atoms with Gasteiger partial charge in [-0.1, -0.05) is 54.6 Å². The van der Waals surface area contributed by atoms with E-state index in [4.69, 9.17) is 4.74 Å². The number of Topliss-reactive ketones (excluding diaryl/α,β-unsaturated/α-hetero) is 1. The Labute approximate surface area is 201 Å². The van der Waals surface area contributed by atoms with Gasteiger partial charge in [-0.15, -0.1) is 11.3 Å². The van der Waals surface area contributed by atoms with E-state index in [1.54, 1.807) is 24.3 Å². The van der Waals surface area contributed by atoms with Crippen molar-refractivity contribution in [1.82, 2.24) is 0 Å². The van der Waals surface area contributed by atoms with Crippen LogP contribution in [-0.4, -0.2) is 22.9 Å². The Kier molecular flexibility index (Phi) is 5.67. The van der Waals surface area contributed by atoms with E-state index in [2.05, 4.69) is 0 Å². The summed E-state index contributed by atoms with van der Waals surface area (Å²) in [5.41, 5.74) is 1.13. The van der Waals surface area contributed by atoms with Crippen LogP contribution in [0.5, 0.6) is 5.75 Å². The molecule has 1 fully saturated rings. The highest BCUT2D eigenvalue weighted by Crippen LogP contribution is 2.45. The Balaban J connectivity index is 1.71. The van der Waals surface area contributed by atoms with E-state index < -0.39 is 17.7 Å². The van der Waals surface area contributed by atoms with E-state index in [9.17, 15) is 14.7 Å². The number of benzene rings is 3. The molecule has 1 aromatic heterocycles. The van der Waals surface area contributed by atoms with Crippen molar-refractivity contribution in [1.29, 1.82) is 0 Å². The van der Waals surface area contributed by atoms with Crippen LogP contribution in [0.4, 0.5) is 5.69 Å². The van der Waals surface area contributed by atoms with Crippen LogP contribution in [0.3, 0.4) is 0 Å². The van der Waals surface area contributed by atoms with Crippen molar-refractivity contribution in [2.24, 2.45) is 0 Å². The van der Waals surface area contributed by atoms with E-state index >= 15 is 0 Å². The maximum absolute atomic E-state index is 13.4. The molecule has 1 aliphatic rings. The Morgan fingerprint density at radius 1 is 0.971 bits per heavy atom. The van der Waals surface area contributed by atoms with Crippen LogP contribution >= 0.6 is 11.3 Å². The van der Waals surface area contributed by atoms with Crippen LogP contribution in [-0.2, 0) is 9.59 Å². The summed E-state index contributed by atoms with van der Waals surface area (Å²) in [7, 11) is 0. The number of carbonyl (C=O) groups is 2. The van der Waals surface area contributed by atoms with Gasteiger partial charge in [0, 0.05) is 15.8 Å². The Morgan fingerprint density at radius 2 is 1.74 bits per heavy atom. The fraction of sp³-hybridized carbons (Fsp3) is 0.143. The lowest BCUT2D eigenvalue weighted by molar-refractivity contribution is -0.132. The number of aliphatic hydroxyl groups is 1. The molecule has 1 N–H and O–H groups in total. The fourth-order valence-electron chi connectivity index (χ4n) is 4.36. The molecule has 34 heavy (non-hydrogen) atoms. The van der Waals surface area contributed by atoms with Crippen LogP contribution in [0.25, 0.3) is 16.5 Å². The molecular weight excluding hydrogens is 446 g/mol. The first kappa shape index (κ1) is 21.9. The Morgan fingerprint density at radius 3 is 2.50 bits per heavy atom. The number of fused-ring (bicyclic) bond motifs is 1. The predicted octanol–water partition coefficient (Wildman–Crippen LogP) is 6.31. The van der Waals surface area contributed by atoms with Crippen molar-refractivity contribution in [3.8, 4) is 5.75 Å². The Bertz CT molecular complexity index is 1420. The third-order valence-corrected chi connectivity index (χ3v) is 6.69. The molecule has 1 unspecified atom stereocenters. The number of ketones is 1. The summed E-state index contributed by atoms with van der Waals surface area (Å²) in [6.07, 6.45) is -0.0412. The number of anilines is 1. The highest BCUT2D eigenvalue weighted by atomic mass is 32.1. The van der Waals surface area contributed by atoms with E-state index in [-0.39, 0.29) is 17.4 Å². The van der Waals surface area contributed by atoms with Gasteiger partial charge in [-0.05, 0) is 48.9 Å². The van der Waals surface area contributed by atoms with Gasteiger partial charge in [0.2, 0.25) is 0 Å². The number of ether oxygens (including phenoxy) is 1. The van der Waals surface area contributed by atoms with Crippen LogP contribution in [0, 0.1) is 0 Å². The number of nitrogens with zero attached hydrogens (tertiary/aromatic N) is 1. The molecule has 1 aliphatic heterocycles. The first-order chi connectivity index (χ1) is 16.5. The number of hydrogen-bond donors (Lipinski definition) is 1. The van der Waals surface area contributed by atoms with E-state index in [0.29, 0.717) is 17.0 Å². The van der Waals surface area contributed by atoms with Gasteiger partial charge in [0.1, 0.15) is 17.6 Å². The lowest BCUT2D eigenvalue weighted by Crippen LogP contribution is -2.29. The average Bonchev–Trinajstić information content (AvgIpc) is 3.45. The molecule has 1 amide bonds. The quantitative estimate of drug-likeness (QED) is 0.211. The number of aliphatic hydroxyl groups excluding tert-OH is 1. The molecule has 3 aromatic carbocycles. The van der Waals surface area contributed by atoms with E-state index in [1.807, 2.05) is 73.8 Å². The summed E-state index contributed by atoms with van der Waals surface area (Å²) < 4.78 is 5.76. The lowest BCUT2D eigenvalue weighted by atomic mass is 9.99. The molecule has 1 atom stereocenters. The van der Waals surface area contributed by atoms with Crippen LogP contribution in [0.1, 0.15) is 30.3 Å². The van der Waals surface area contributed by atoms with E-state index in [1.165, 1.54) is 16.2 Å². The zero-order valence-corrected chi connectivity index (χ0v) is 19.6. The molecule has 5 nitrogen and oxygen atoms in total. The van der Waals surface area contributed by atoms with E-state index in [0.717, 1.165) is 15.6 Å². The van der Waals surface area contributed by atoms with Gasteiger partial charge >= 0.3 is 0 Å². The van der Waals surface area contributed by atoms with Crippen molar-refractivity contribution in [2.45, 2.75) is 26.0 Å². The highest BCUT2D eigenvalue weighted by molar-refractivity contribution is 7.10. The molecule has 170 valence electrons. The lowest BCUT2D eigenvalue weighted by Gasteiger charge is -2.25. The monoisotopic (exact) mass is 469 g/mol. The third-order valence-electron chi connectivity index (χ3n) is 5.76. The van der Waals surface area contributed by atoms with Crippen LogP contribution in [0.15, 0.2) is 89.8 Å². The number of carbonyl (C=O) groups excluding carboxylic acids is 2. The first-order valence-electron chi connectivity index (χ1n) is 11.0. The summed E-state index contributed by atoms with van der Waals surface area (Å²) in [6, 6.07) is 23.4. The second-order valence-electron chi connectivity index (χ2n) is 8.38. The van der Waals surface area contributed by atoms with Crippen molar-refractivity contribution < 1.29 is 19.4 Å². The third kappa shape index (κ3) is 3.76. The van der Waals surface area contributed by atoms with Crippen molar-refractivity contribution in [3.05, 3.63) is 100 Å². The molecule has 1 saturated heterocycles. The summed E-state index contributed by atoms with van der Waals surface area (Å²) in [6.45, 7) is 3.83. The zero-order chi connectivity index (χ0) is 23.8. The molecule has 5 rings (SSSR count). The maximum atomic E-state index is 13.4. The van der Waals surface area contributed by atoms with Gasteiger partial charge in [-0.25, -0.2) is 0 Å². The minimum Gasteiger partial charge on any atom is -0.507 e. The average molecular weight is 470 g/mol. The maximum Gasteiger partial charge on any atom is 0.300 e. The van der Waals surface area contributed by atoms with Gasteiger partial charge in [0.15, 0.2) is 0 Å². The number of rotatable bonds is 5. The molecule has 0 radical (unpaired) electrons. The van der Waals surface area contributed by atoms with Crippen LogP contribution in [0.2, 0.25) is 0 Å². The second kappa shape index (κ2) is 8.80. The normalized spacial score (nSPS) is 17.6. The largest absolute Gasteiger partial charge is 0.507 e. The molecule has 0 spiro atoms. The molecule has 4 aromatic rings. The number of amides is 1. The van der Waals surface area contributed by atoms with Crippen molar-refractivity contribution in [3.63, 3.8) is 0 Å². The Hall–Kier alpha value is -3.90. The smallest absolute Gasteiger partial charge is 0.300 e. The minimum absolute atomic E-state index is 0.0412. The van der Waals surface area contributed by atoms with Crippen LogP contribution < -0.4 is 9.64 Å². The fourth-order valence-corrected chi connectivity index (χ4v) is 5.18. The highest BCUT2D eigenvalue weighted by Gasteiger charge is 2.47. The summed E-state index contributed by atoms with van der Waals surface area (Å²) in [5, 5.41) is 15.1. The summed E-state index contributed by atoms with van der Waals surface area (Å²) in [5.74, 6) is -1.01. The molecule has 2 heterocycles. The van der Waals surface area contributed by atoms with Gasteiger partial charge in [0.05, 0.1) is 17.4 Å². The molecule has 6 heteroatoms. The number of hydrogen-bond acceptors (Lipinski definition) is 5. The predicted molar refractivity (Wildman–Crippen MR) is 135 cm³/mol. The molecule has 0 aliphatic carbocycles. The minimum atomic E-state index is -0.736. The van der Waals surface area contributed by atoms with Gasteiger partial charge < -0.3 is 9.84 Å². The summed E-state index contributed by atoms with van der Waals surface area (Å²) >= 11 is 1.44. The van der Waals surface area contributed by atoms with Crippen molar-refractivity contribution in [2.75, 3.05) is 4.90 Å². The van der Waals surface area contributed by atoms with Gasteiger partial charge in [-0.3, -0.25) is 14.5 Å². The summed E-state index contributed by atoms with van der Waals surface area (Å²) in [4.78, 5) is 29.1. The molecule has 0 saturated carbocycles. The van der Waals surface area contributed by atoms with Crippen molar-refractivity contribution >= 4 is 45.2 Å². The molecular formula is C28H23NO4S. The number of thiophene rings is 1. The van der Waals surface area contributed by atoms with Gasteiger partial charge in [0.25, 0.3) is 11.7 Å². The molecule has 0 bridgehead atoms. The first-order valence-corrected chi connectivity index (χ1v) is 11.9. The zero-order valence-electron chi connectivity index (χ0n) is 18.8. The topological polar surface area (TPSA) is 66.8 Å². The second-order valence-corrected chi connectivity index (χ2v) is 9.36. The SMILES string of the molecule is CC(C)Oc1cccc(/C(O)=C2/C(=O)C(=O)N(c3cccc4ccccc34)C2c2cccs2)c1.